The average molecular weight is 347 g/mol. The van der Waals surface area contributed by atoms with Gasteiger partial charge >= 0.3 is 0 Å². The Bertz CT molecular complexity index is 855. The zero-order valence-corrected chi connectivity index (χ0v) is 14.6. The summed E-state index contributed by atoms with van der Waals surface area (Å²) in [6.45, 7) is 5.60. The van der Waals surface area contributed by atoms with Crippen LogP contribution in [0.15, 0.2) is 39.3 Å². The summed E-state index contributed by atoms with van der Waals surface area (Å²) in [4.78, 5) is 23.0. The molecule has 0 amide bonds. The molecule has 0 radical (unpaired) electrons. The fourth-order valence-electron chi connectivity index (χ4n) is 1.91. The van der Waals surface area contributed by atoms with Crippen molar-refractivity contribution in [1.82, 2.24) is 14.9 Å². The summed E-state index contributed by atoms with van der Waals surface area (Å²) >= 11 is 1.24. The van der Waals surface area contributed by atoms with E-state index in [1.807, 2.05) is 20.8 Å². The fourth-order valence-corrected chi connectivity index (χ4v) is 2.33. The van der Waals surface area contributed by atoms with Crippen molar-refractivity contribution in [1.29, 1.82) is 0 Å². The number of hydrogen-bond donors (Lipinski definition) is 0. The number of non-ortho nitro benzene ring substituents is 1. The molecule has 2 aromatic rings. The monoisotopic (exact) mass is 347 g/mol. The molecular weight excluding hydrogens is 330 g/mol. The minimum atomic E-state index is -0.484. The van der Waals surface area contributed by atoms with Crippen LogP contribution in [0.1, 0.15) is 32.0 Å². The first-order valence-corrected chi connectivity index (χ1v) is 8.29. The van der Waals surface area contributed by atoms with Crippen LogP contribution in [0.5, 0.6) is 0 Å². The molecule has 1 aromatic heterocycles. The lowest BCUT2D eigenvalue weighted by molar-refractivity contribution is -0.384. The van der Waals surface area contributed by atoms with Gasteiger partial charge in [0, 0.05) is 23.1 Å². The average Bonchev–Trinajstić information content (AvgIpc) is 2.52. The largest absolute Gasteiger partial charge is 0.297 e. The maximum atomic E-state index is 12.6. The Morgan fingerprint density at radius 2 is 2.04 bits per heavy atom. The van der Waals surface area contributed by atoms with Crippen molar-refractivity contribution in [2.75, 3.05) is 6.26 Å². The van der Waals surface area contributed by atoms with E-state index in [0.717, 1.165) is 4.68 Å². The van der Waals surface area contributed by atoms with E-state index in [1.165, 1.54) is 30.1 Å². The standard InChI is InChI=1S/C15H17N5O3S/c1-15(2,3)12-13(21)19(14(24-4)18-17-12)16-9-10-6-5-7-11(8-10)20(22)23/h5-9H,1-4H3/b16-9-. The van der Waals surface area contributed by atoms with Gasteiger partial charge in [0.15, 0.2) is 0 Å². The van der Waals surface area contributed by atoms with Gasteiger partial charge in [0.1, 0.15) is 5.69 Å². The van der Waals surface area contributed by atoms with E-state index in [4.69, 9.17) is 0 Å². The van der Waals surface area contributed by atoms with Crippen LogP contribution in [-0.4, -0.2) is 32.3 Å². The molecule has 9 heteroatoms. The molecule has 0 aliphatic rings. The minimum absolute atomic E-state index is 0.0420. The van der Waals surface area contributed by atoms with E-state index in [-0.39, 0.29) is 11.2 Å². The molecule has 1 heterocycles. The molecule has 0 aliphatic carbocycles. The molecule has 0 unspecified atom stereocenters. The first kappa shape index (κ1) is 17.8. The van der Waals surface area contributed by atoms with Crippen LogP contribution in [0, 0.1) is 10.1 Å². The molecule has 0 aliphatic heterocycles. The number of hydrogen-bond acceptors (Lipinski definition) is 7. The molecule has 0 bridgehead atoms. The van der Waals surface area contributed by atoms with Gasteiger partial charge < -0.3 is 0 Å². The third kappa shape index (κ3) is 3.85. The van der Waals surface area contributed by atoms with Gasteiger partial charge in [0.2, 0.25) is 5.16 Å². The van der Waals surface area contributed by atoms with E-state index in [9.17, 15) is 14.9 Å². The number of rotatable bonds is 4. The smallest absolute Gasteiger partial charge is 0.265 e. The lowest BCUT2D eigenvalue weighted by atomic mass is 9.93. The highest BCUT2D eigenvalue weighted by atomic mass is 32.2. The molecule has 8 nitrogen and oxygen atoms in total. The minimum Gasteiger partial charge on any atom is -0.265 e. The Morgan fingerprint density at radius 3 is 2.62 bits per heavy atom. The summed E-state index contributed by atoms with van der Waals surface area (Å²) in [5.74, 6) is 0. The maximum Gasteiger partial charge on any atom is 0.297 e. The van der Waals surface area contributed by atoms with E-state index >= 15 is 0 Å². The van der Waals surface area contributed by atoms with Crippen molar-refractivity contribution in [3.63, 3.8) is 0 Å². The van der Waals surface area contributed by atoms with Crippen molar-refractivity contribution in [2.24, 2.45) is 5.10 Å². The molecular formula is C15H17N5O3S. The van der Waals surface area contributed by atoms with Crippen molar-refractivity contribution >= 4 is 23.7 Å². The van der Waals surface area contributed by atoms with Gasteiger partial charge in [0.05, 0.1) is 11.1 Å². The number of nitro groups is 1. The number of aromatic nitrogens is 3. The van der Waals surface area contributed by atoms with Gasteiger partial charge in [-0.1, -0.05) is 44.7 Å². The molecule has 24 heavy (non-hydrogen) atoms. The highest BCUT2D eigenvalue weighted by Crippen LogP contribution is 2.17. The van der Waals surface area contributed by atoms with Gasteiger partial charge in [-0.15, -0.1) is 10.2 Å². The predicted molar refractivity (Wildman–Crippen MR) is 92.9 cm³/mol. The molecule has 1 aromatic carbocycles. The normalized spacial score (nSPS) is 11.8. The Labute approximate surface area is 142 Å². The third-order valence-corrected chi connectivity index (χ3v) is 3.73. The molecule has 0 N–H and O–H groups in total. The van der Waals surface area contributed by atoms with Gasteiger partial charge in [0.25, 0.3) is 11.2 Å². The van der Waals surface area contributed by atoms with E-state index in [1.54, 1.807) is 18.4 Å². The van der Waals surface area contributed by atoms with Crippen LogP contribution in [0.25, 0.3) is 0 Å². The van der Waals surface area contributed by atoms with Crippen molar-refractivity contribution in [3.05, 3.63) is 56.0 Å². The fraction of sp³-hybridized carbons (Fsp3) is 0.333. The van der Waals surface area contributed by atoms with Crippen LogP contribution >= 0.6 is 11.8 Å². The summed E-state index contributed by atoms with van der Waals surface area (Å²) in [5.41, 5.74) is -0.0546. The Kier molecular flexibility index (Phi) is 5.13. The quantitative estimate of drug-likeness (QED) is 0.364. The molecule has 0 fully saturated rings. The zero-order chi connectivity index (χ0) is 17.9. The first-order valence-electron chi connectivity index (χ1n) is 7.07. The zero-order valence-electron chi connectivity index (χ0n) is 13.8. The highest BCUT2D eigenvalue weighted by Gasteiger charge is 2.23. The lowest BCUT2D eigenvalue weighted by Crippen LogP contribution is -2.32. The summed E-state index contributed by atoms with van der Waals surface area (Å²) in [6.07, 6.45) is 3.15. The molecule has 0 spiro atoms. The van der Waals surface area contributed by atoms with Crippen LogP contribution < -0.4 is 5.56 Å². The SMILES string of the molecule is CSc1nnc(C(C)(C)C)c(=O)n1/N=C\c1cccc([N+](=O)[O-])c1. The van der Waals surface area contributed by atoms with Gasteiger partial charge in [-0.05, 0) is 6.26 Å². The van der Waals surface area contributed by atoms with E-state index in [2.05, 4.69) is 15.3 Å². The molecule has 0 saturated heterocycles. The first-order chi connectivity index (χ1) is 11.2. The van der Waals surface area contributed by atoms with Crippen molar-refractivity contribution in [3.8, 4) is 0 Å². The highest BCUT2D eigenvalue weighted by molar-refractivity contribution is 7.98. The van der Waals surface area contributed by atoms with Crippen molar-refractivity contribution < 1.29 is 4.92 Å². The van der Waals surface area contributed by atoms with Crippen LogP contribution in [0.3, 0.4) is 0 Å². The summed E-state index contributed by atoms with van der Waals surface area (Å²) in [7, 11) is 0. The topological polar surface area (TPSA) is 103 Å². The number of nitro benzene ring substituents is 1. The van der Waals surface area contributed by atoms with E-state index < -0.39 is 10.3 Å². The van der Waals surface area contributed by atoms with Gasteiger partial charge in [-0.3, -0.25) is 14.9 Å². The Morgan fingerprint density at radius 1 is 1.33 bits per heavy atom. The molecule has 0 saturated carbocycles. The second-order valence-electron chi connectivity index (χ2n) is 6.00. The number of thioether (sulfide) groups is 1. The van der Waals surface area contributed by atoms with Crippen LogP contribution in [-0.2, 0) is 5.41 Å². The van der Waals surface area contributed by atoms with Crippen LogP contribution in [0.2, 0.25) is 0 Å². The second kappa shape index (κ2) is 6.91. The second-order valence-corrected chi connectivity index (χ2v) is 6.77. The van der Waals surface area contributed by atoms with Crippen LogP contribution in [0.4, 0.5) is 5.69 Å². The summed E-state index contributed by atoms with van der Waals surface area (Å²) < 4.78 is 1.16. The molecule has 2 rings (SSSR count). The number of benzene rings is 1. The Balaban J connectivity index is 2.50. The van der Waals surface area contributed by atoms with E-state index in [0.29, 0.717) is 16.4 Å². The lowest BCUT2D eigenvalue weighted by Gasteiger charge is -2.16. The predicted octanol–water partition coefficient (Wildman–Crippen LogP) is 2.45. The maximum absolute atomic E-state index is 12.6. The summed E-state index contributed by atoms with van der Waals surface area (Å²) in [5, 5.41) is 23.4. The van der Waals surface area contributed by atoms with Gasteiger partial charge in [-0.2, -0.15) is 9.78 Å². The summed E-state index contributed by atoms with van der Waals surface area (Å²) in [6, 6.07) is 6.00. The third-order valence-electron chi connectivity index (χ3n) is 3.11. The number of nitrogens with zero attached hydrogens (tertiary/aromatic N) is 5. The Hall–Kier alpha value is -2.55. The molecule has 126 valence electrons. The van der Waals surface area contributed by atoms with Crippen molar-refractivity contribution in [2.45, 2.75) is 31.3 Å². The molecule has 0 atom stereocenters. The van der Waals surface area contributed by atoms with Gasteiger partial charge in [-0.25, -0.2) is 0 Å².